The molecule has 0 aliphatic heterocycles. The Kier molecular flexibility index (Phi) is 5.99. The van der Waals surface area contributed by atoms with E-state index in [1.807, 2.05) is 44.4 Å². The highest BCUT2D eigenvalue weighted by Gasteiger charge is 2.19. The fourth-order valence-electron chi connectivity index (χ4n) is 2.16. The Hall–Kier alpha value is -1.84. The summed E-state index contributed by atoms with van der Waals surface area (Å²) >= 11 is 6.07. The summed E-state index contributed by atoms with van der Waals surface area (Å²) in [7, 11) is 4.00. The Labute approximate surface area is 136 Å². The first-order valence-corrected chi connectivity index (χ1v) is 7.61. The first-order chi connectivity index (χ1) is 10.6. The lowest BCUT2D eigenvalue weighted by Gasteiger charge is -2.20. The number of nitrogens with zero attached hydrogens (tertiary/aromatic N) is 1. The molecule has 0 N–H and O–H groups in total. The number of benzene rings is 2. The molecule has 0 amide bonds. The minimum atomic E-state index is -0.391. The summed E-state index contributed by atoms with van der Waals surface area (Å²) in [5.41, 5.74) is 1.39. The van der Waals surface area contributed by atoms with Crippen LogP contribution in [0.15, 0.2) is 54.6 Å². The molecule has 1 atom stereocenters. The van der Waals surface area contributed by atoms with Crippen LogP contribution in [-0.2, 0) is 4.74 Å². The number of ether oxygens (including phenoxy) is 1. The number of esters is 1. The van der Waals surface area contributed by atoms with Crippen molar-refractivity contribution in [3.63, 3.8) is 0 Å². The summed E-state index contributed by atoms with van der Waals surface area (Å²) < 4.78 is 5.70. The van der Waals surface area contributed by atoms with E-state index in [-0.39, 0.29) is 6.10 Å². The third kappa shape index (κ3) is 4.58. The quantitative estimate of drug-likeness (QED) is 0.748. The lowest BCUT2D eigenvalue weighted by Crippen LogP contribution is -2.19. The molecule has 0 spiro atoms. The highest BCUT2D eigenvalue weighted by atomic mass is 35.5. The van der Waals surface area contributed by atoms with Crippen LogP contribution in [-0.4, -0.2) is 31.5 Å². The van der Waals surface area contributed by atoms with E-state index in [2.05, 4.69) is 4.90 Å². The second-order valence-corrected chi connectivity index (χ2v) is 5.78. The fourth-order valence-corrected chi connectivity index (χ4v) is 2.37. The fraction of sp³-hybridized carbons (Fsp3) is 0.278. The molecule has 0 heterocycles. The van der Waals surface area contributed by atoms with E-state index in [0.717, 1.165) is 18.5 Å². The third-order valence-electron chi connectivity index (χ3n) is 3.35. The minimum Gasteiger partial charge on any atom is -0.454 e. The maximum absolute atomic E-state index is 12.4. The Morgan fingerprint density at radius 3 is 2.36 bits per heavy atom. The van der Waals surface area contributed by atoms with Crippen molar-refractivity contribution in [3.8, 4) is 0 Å². The molecule has 0 saturated heterocycles. The summed E-state index contributed by atoms with van der Waals surface area (Å²) in [5.74, 6) is -0.391. The number of carbonyl (C=O) groups is 1. The van der Waals surface area contributed by atoms with Gasteiger partial charge in [-0.3, -0.25) is 0 Å². The molecular weight excluding hydrogens is 298 g/mol. The molecule has 0 aliphatic rings. The van der Waals surface area contributed by atoms with E-state index in [0.29, 0.717) is 10.6 Å². The van der Waals surface area contributed by atoms with Gasteiger partial charge in [-0.05, 0) is 31.8 Å². The van der Waals surface area contributed by atoms with Crippen LogP contribution in [0.4, 0.5) is 0 Å². The number of rotatable bonds is 6. The molecule has 2 aromatic rings. The van der Waals surface area contributed by atoms with Crippen LogP contribution in [0.25, 0.3) is 0 Å². The molecule has 3 nitrogen and oxygen atoms in total. The molecule has 0 saturated carbocycles. The molecule has 0 fully saturated rings. The van der Waals surface area contributed by atoms with Crippen molar-refractivity contribution in [1.82, 2.24) is 4.90 Å². The van der Waals surface area contributed by atoms with Gasteiger partial charge in [0.15, 0.2) is 0 Å². The molecule has 0 aromatic heterocycles. The minimum absolute atomic E-state index is 0.285. The Balaban J connectivity index is 2.16. The maximum atomic E-state index is 12.4. The van der Waals surface area contributed by atoms with Crippen LogP contribution in [0.3, 0.4) is 0 Å². The zero-order valence-corrected chi connectivity index (χ0v) is 13.6. The van der Waals surface area contributed by atoms with E-state index in [1.54, 1.807) is 24.3 Å². The Bertz CT molecular complexity index is 613. The number of carbonyl (C=O) groups excluding carboxylic acids is 1. The van der Waals surface area contributed by atoms with Gasteiger partial charge < -0.3 is 9.64 Å². The van der Waals surface area contributed by atoms with Gasteiger partial charge in [-0.1, -0.05) is 54.1 Å². The molecule has 116 valence electrons. The summed E-state index contributed by atoms with van der Waals surface area (Å²) in [6.45, 7) is 0.829. The van der Waals surface area contributed by atoms with E-state index in [9.17, 15) is 4.79 Å². The first-order valence-electron chi connectivity index (χ1n) is 7.23. The normalized spacial score (nSPS) is 12.2. The summed E-state index contributed by atoms with van der Waals surface area (Å²) in [6, 6.07) is 16.7. The summed E-state index contributed by atoms with van der Waals surface area (Å²) in [4.78, 5) is 14.4. The van der Waals surface area contributed by atoms with Gasteiger partial charge in [0, 0.05) is 13.0 Å². The molecular formula is C18H20ClNO2. The molecule has 0 unspecified atom stereocenters. The van der Waals surface area contributed by atoms with Crippen molar-refractivity contribution in [3.05, 3.63) is 70.7 Å². The molecule has 22 heavy (non-hydrogen) atoms. The molecule has 0 radical (unpaired) electrons. The number of hydrogen-bond acceptors (Lipinski definition) is 3. The van der Waals surface area contributed by atoms with Gasteiger partial charge in [0.2, 0.25) is 0 Å². The van der Waals surface area contributed by atoms with Crippen LogP contribution in [0.5, 0.6) is 0 Å². The van der Waals surface area contributed by atoms with Crippen molar-refractivity contribution in [2.24, 2.45) is 0 Å². The van der Waals surface area contributed by atoms with Gasteiger partial charge in [-0.2, -0.15) is 0 Å². The Morgan fingerprint density at radius 2 is 1.73 bits per heavy atom. The number of halogens is 1. The molecule has 2 rings (SSSR count). The first kappa shape index (κ1) is 16.5. The number of hydrogen-bond donors (Lipinski definition) is 0. The van der Waals surface area contributed by atoms with Crippen LogP contribution >= 0.6 is 11.6 Å². The smallest absolute Gasteiger partial charge is 0.340 e. The van der Waals surface area contributed by atoms with E-state index in [4.69, 9.17) is 16.3 Å². The average molecular weight is 318 g/mol. The van der Waals surface area contributed by atoms with E-state index < -0.39 is 5.97 Å². The van der Waals surface area contributed by atoms with Crippen molar-refractivity contribution in [2.45, 2.75) is 12.5 Å². The van der Waals surface area contributed by atoms with E-state index >= 15 is 0 Å². The monoisotopic (exact) mass is 317 g/mol. The average Bonchev–Trinajstić information content (AvgIpc) is 2.52. The van der Waals surface area contributed by atoms with Crippen molar-refractivity contribution >= 4 is 17.6 Å². The predicted octanol–water partition coefficient (Wildman–Crippen LogP) is 4.19. The second-order valence-electron chi connectivity index (χ2n) is 5.38. The van der Waals surface area contributed by atoms with Gasteiger partial charge in [0.05, 0.1) is 10.6 Å². The molecule has 0 bridgehead atoms. The van der Waals surface area contributed by atoms with E-state index in [1.165, 1.54) is 0 Å². The van der Waals surface area contributed by atoms with Gasteiger partial charge in [-0.25, -0.2) is 4.79 Å². The molecule has 0 aliphatic carbocycles. The topological polar surface area (TPSA) is 29.5 Å². The van der Waals surface area contributed by atoms with Crippen LogP contribution in [0.1, 0.15) is 28.4 Å². The summed E-state index contributed by atoms with van der Waals surface area (Å²) in [6.07, 6.45) is 0.445. The predicted molar refractivity (Wildman–Crippen MR) is 89.2 cm³/mol. The zero-order valence-electron chi connectivity index (χ0n) is 12.8. The van der Waals surface area contributed by atoms with Crippen molar-refractivity contribution < 1.29 is 9.53 Å². The van der Waals surface area contributed by atoms with Crippen LogP contribution in [0.2, 0.25) is 5.02 Å². The standard InChI is InChI=1S/C18H20ClNO2/c1-20(2)13-12-17(14-8-4-3-5-9-14)22-18(21)15-10-6-7-11-16(15)19/h3-11,17H,12-13H2,1-2H3/t17-/m1/s1. The summed E-state index contributed by atoms with van der Waals surface area (Å²) in [5, 5.41) is 0.409. The van der Waals surface area contributed by atoms with Gasteiger partial charge in [0.1, 0.15) is 6.10 Å². The maximum Gasteiger partial charge on any atom is 0.340 e. The largest absolute Gasteiger partial charge is 0.454 e. The highest BCUT2D eigenvalue weighted by molar-refractivity contribution is 6.33. The molecule has 2 aromatic carbocycles. The lowest BCUT2D eigenvalue weighted by atomic mass is 10.1. The highest BCUT2D eigenvalue weighted by Crippen LogP contribution is 2.25. The van der Waals surface area contributed by atoms with Gasteiger partial charge >= 0.3 is 5.97 Å². The van der Waals surface area contributed by atoms with Gasteiger partial charge in [-0.15, -0.1) is 0 Å². The SMILES string of the molecule is CN(C)CC[C@@H](OC(=O)c1ccccc1Cl)c1ccccc1. The zero-order chi connectivity index (χ0) is 15.9. The van der Waals surface area contributed by atoms with Crippen LogP contribution < -0.4 is 0 Å². The van der Waals surface area contributed by atoms with Gasteiger partial charge in [0.25, 0.3) is 0 Å². The lowest BCUT2D eigenvalue weighted by molar-refractivity contribution is 0.0261. The van der Waals surface area contributed by atoms with Crippen LogP contribution in [0, 0.1) is 0 Å². The molecule has 4 heteroatoms. The van der Waals surface area contributed by atoms with Crippen molar-refractivity contribution in [1.29, 1.82) is 0 Å². The second kappa shape index (κ2) is 7.97. The Morgan fingerprint density at radius 1 is 1.09 bits per heavy atom. The third-order valence-corrected chi connectivity index (χ3v) is 3.68. The van der Waals surface area contributed by atoms with Crippen molar-refractivity contribution in [2.75, 3.05) is 20.6 Å².